The summed E-state index contributed by atoms with van der Waals surface area (Å²) in [7, 11) is 0. The molecular formula is C11H19N5. The van der Waals surface area contributed by atoms with Crippen LogP contribution < -0.4 is 11.1 Å². The minimum atomic E-state index is 0.599. The molecule has 0 spiro atoms. The first-order valence-corrected chi connectivity index (χ1v) is 5.88. The largest absolute Gasteiger partial charge is 0.396 e. The van der Waals surface area contributed by atoms with Crippen LogP contribution in [0.15, 0.2) is 12.4 Å². The second-order valence-electron chi connectivity index (χ2n) is 4.17. The van der Waals surface area contributed by atoms with Crippen molar-refractivity contribution >= 4 is 11.6 Å². The molecule has 16 heavy (non-hydrogen) atoms. The Bertz CT molecular complexity index is 305. The number of nitrogen functional groups attached to an aromatic ring is 1. The van der Waals surface area contributed by atoms with E-state index in [-0.39, 0.29) is 0 Å². The topological polar surface area (TPSA) is 67.1 Å². The quantitative estimate of drug-likeness (QED) is 0.792. The van der Waals surface area contributed by atoms with Gasteiger partial charge in [0.2, 0.25) is 5.95 Å². The van der Waals surface area contributed by atoms with Crippen LogP contribution in [0.2, 0.25) is 0 Å². The van der Waals surface area contributed by atoms with Crippen molar-refractivity contribution in [3.05, 3.63) is 12.4 Å². The number of piperidine rings is 1. The number of nitrogens with zero attached hydrogens (tertiary/aromatic N) is 3. The molecule has 1 fully saturated rings. The Balaban J connectivity index is 1.69. The normalized spacial score (nSPS) is 17.2. The highest BCUT2D eigenvalue weighted by molar-refractivity contribution is 5.35. The van der Waals surface area contributed by atoms with Gasteiger partial charge in [0, 0.05) is 13.1 Å². The fourth-order valence-corrected chi connectivity index (χ4v) is 1.94. The van der Waals surface area contributed by atoms with Gasteiger partial charge in [-0.2, -0.15) is 0 Å². The Hall–Kier alpha value is -1.36. The Kier molecular flexibility index (Phi) is 3.93. The first-order chi connectivity index (χ1) is 7.84. The molecule has 1 aromatic heterocycles. The Morgan fingerprint density at radius 1 is 1.19 bits per heavy atom. The molecule has 0 bridgehead atoms. The summed E-state index contributed by atoms with van der Waals surface area (Å²) in [6.07, 6.45) is 7.29. The van der Waals surface area contributed by atoms with E-state index in [1.807, 2.05) is 0 Å². The lowest BCUT2D eigenvalue weighted by atomic mass is 10.1. The summed E-state index contributed by atoms with van der Waals surface area (Å²) >= 11 is 0. The molecule has 1 saturated heterocycles. The maximum atomic E-state index is 5.51. The molecule has 2 heterocycles. The van der Waals surface area contributed by atoms with Crippen molar-refractivity contribution in [2.75, 3.05) is 37.2 Å². The van der Waals surface area contributed by atoms with Crippen molar-refractivity contribution < 1.29 is 0 Å². The standard InChI is InChI=1S/C11H19N5/c12-10-8-14-11(15-9-10)13-4-7-16-5-2-1-3-6-16/h8-9H,1-7,12H2,(H,13,14,15). The van der Waals surface area contributed by atoms with Crippen LogP contribution >= 0.6 is 0 Å². The molecule has 0 radical (unpaired) electrons. The molecule has 88 valence electrons. The Morgan fingerprint density at radius 3 is 2.56 bits per heavy atom. The summed E-state index contributed by atoms with van der Waals surface area (Å²) in [5, 5.41) is 3.20. The van der Waals surface area contributed by atoms with E-state index in [4.69, 9.17) is 5.73 Å². The number of hydrogen-bond acceptors (Lipinski definition) is 5. The number of nitrogens with two attached hydrogens (primary N) is 1. The SMILES string of the molecule is Nc1cnc(NCCN2CCCCC2)nc1. The van der Waals surface area contributed by atoms with Crippen molar-refractivity contribution in [3.8, 4) is 0 Å². The molecule has 3 N–H and O–H groups in total. The molecule has 0 atom stereocenters. The molecule has 2 rings (SSSR count). The lowest BCUT2D eigenvalue weighted by molar-refractivity contribution is 0.237. The Morgan fingerprint density at radius 2 is 1.88 bits per heavy atom. The molecule has 5 nitrogen and oxygen atoms in total. The average molecular weight is 221 g/mol. The molecular weight excluding hydrogens is 202 g/mol. The lowest BCUT2D eigenvalue weighted by Gasteiger charge is -2.26. The van der Waals surface area contributed by atoms with Crippen molar-refractivity contribution in [2.24, 2.45) is 0 Å². The molecule has 0 aliphatic carbocycles. The second kappa shape index (κ2) is 5.65. The van der Waals surface area contributed by atoms with E-state index in [0.29, 0.717) is 11.6 Å². The monoisotopic (exact) mass is 221 g/mol. The second-order valence-corrected chi connectivity index (χ2v) is 4.17. The van der Waals surface area contributed by atoms with E-state index in [0.717, 1.165) is 13.1 Å². The maximum Gasteiger partial charge on any atom is 0.222 e. The van der Waals surface area contributed by atoms with Gasteiger partial charge in [-0.15, -0.1) is 0 Å². The molecule has 0 aromatic carbocycles. The predicted molar refractivity (Wildman–Crippen MR) is 65.2 cm³/mol. The van der Waals surface area contributed by atoms with Crippen molar-refractivity contribution in [3.63, 3.8) is 0 Å². The third-order valence-electron chi connectivity index (χ3n) is 2.83. The van der Waals surface area contributed by atoms with Crippen LogP contribution in [-0.2, 0) is 0 Å². The number of hydrogen-bond donors (Lipinski definition) is 2. The van der Waals surface area contributed by atoms with E-state index >= 15 is 0 Å². The fraction of sp³-hybridized carbons (Fsp3) is 0.636. The summed E-state index contributed by atoms with van der Waals surface area (Å²) in [5.74, 6) is 0.659. The summed E-state index contributed by atoms with van der Waals surface area (Å²) in [6.45, 7) is 4.41. The lowest BCUT2D eigenvalue weighted by Crippen LogP contribution is -2.33. The molecule has 5 heteroatoms. The van der Waals surface area contributed by atoms with Gasteiger partial charge in [0.1, 0.15) is 0 Å². The molecule has 0 amide bonds. The predicted octanol–water partition coefficient (Wildman–Crippen LogP) is 0.957. The number of anilines is 2. The van der Waals surface area contributed by atoms with E-state index in [2.05, 4.69) is 20.2 Å². The fourth-order valence-electron chi connectivity index (χ4n) is 1.94. The van der Waals surface area contributed by atoms with Crippen LogP contribution in [0.5, 0.6) is 0 Å². The summed E-state index contributed by atoms with van der Waals surface area (Å²) in [4.78, 5) is 10.7. The van der Waals surface area contributed by atoms with Gasteiger partial charge in [0.05, 0.1) is 18.1 Å². The first kappa shape index (κ1) is 11.1. The van der Waals surface area contributed by atoms with Crippen LogP contribution in [0.4, 0.5) is 11.6 Å². The van der Waals surface area contributed by atoms with Gasteiger partial charge in [-0.05, 0) is 25.9 Å². The number of nitrogens with one attached hydrogen (secondary N) is 1. The highest BCUT2D eigenvalue weighted by atomic mass is 15.2. The van der Waals surface area contributed by atoms with Gasteiger partial charge >= 0.3 is 0 Å². The zero-order valence-electron chi connectivity index (χ0n) is 9.52. The minimum Gasteiger partial charge on any atom is -0.396 e. The van der Waals surface area contributed by atoms with Crippen molar-refractivity contribution in [2.45, 2.75) is 19.3 Å². The van der Waals surface area contributed by atoms with E-state index in [1.165, 1.54) is 32.4 Å². The van der Waals surface area contributed by atoms with Crippen LogP contribution in [0.3, 0.4) is 0 Å². The van der Waals surface area contributed by atoms with E-state index < -0.39 is 0 Å². The number of rotatable bonds is 4. The smallest absolute Gasteiger partial charge is 0.222 e. The van der Waals surface area contributed by atoms with Crippen molar-refractivity contribution in [1.29, 1.82) is 0 Å². The van der Waals surface area contributed by atoms with Gasteiger partial charge in [-0.25, -0.2) is 9.97 Å². The van der Waals surface area contributed by atoms with Gasteiger partial charge in [-0.3, -0.25) is 0 Å². The summed E-state index contributed by atoms with van der Waals surface area (Å²) in [5.41, 5.74) is 6.11. The molecule has 1 aromatic rings. The Labute approximate surface area is 96.1 Å². The third kappa shape index (κ3) is 3.34. The van der Waals surface area contributed by atoms with Gasteiger partial charge < -0.3 is 16.0 Å². The van der Waals surface area contributed by atoms with Gasteiger partial charge in [0.25, 0.3) is 0 Å². The number of aromatic nitrogens is 2. The summed E-state index contributed by atoms with van der Waals surface area (Å²) in [6, 6.07) is 0. The molecule has 1 aliphatic rings. The molecule has 0 saturated carbocycles. The van der Waals surface area contributed by atoms with Crippen LogP contribution in [-0.4, -0.2) is 41.0 Å². The molecule has 0 unspecified atom stereocenters. The van der Waals surface area contributed by atoms with Crippen molar-refractivity contribution in [1.82, 2.24) is 14.9 Å². The van der Waals surface area contributed by atoms with Gasteiger partial charge in [-0.1, -0.05) is 6.42 Å². The minimum absolute atomic E-state index is 0.599. The van der Waals surface area contributed by atoms with Gasteiger partial charge in [0.15, 0.2) is 0 Å². The maximum absolute atomic E-state index is 5.51. The average Bonchev–Trinajstić information content (AvgIpc) is 2.33. The highest BCUT2D eigenvalue weighted by Gasteiger charge is 2.08. The van der Waals surface area contributed by atoms with E-state index in [9.17, 15) is 0 Å². The zero-order valence-corrected chi connectivity index (χ0v) is 9.52. The molecule has 1 aliphatic heterocycles. The van der Waals surface area contributed by atoms with Crippen LogP contribution in [0, 0.1) is 0 Å². The first-order valence-electron chi connectivity index (χ1n) is 5.88. The third-order valence-corrected chi connectivity index (χ3v) is 2.83. The highest BCUT2D eigenvalue weighted by Crippen LogP contribution is 2.07. The van der Waals surface area contributed by atoms with E-state index in [1.54, 1.807) is 12.4 Å². The number of likely N-dealkylation sites (tertiary alicyclic amines) is 1. The zero-order chi connectivity index (χ0) is 11.2. The van der Waals surface area contributed by atoms with Crippen LogP contribution in [0.1, 0.15) is 19.3 Å². The van der Waals surface area contributed by atoms with Crippen LogP contribution in [0.25, 0.3) is 0 Å². The summed E-state index contributed by atoms with van der Waals surface area (Å²) < 4.78 is 0.